The normalized spacial score (nSPS) is 10.7. The SMILES string of the molecule is Nc1nc(-c2ccc(C(=O)N(CC(=O)N(Cc3ccccc3)Cc3ccccc3O)Cc3ccccc3)cc2)cs1. The van der Waals surface area contributed by atoms with Crippen LogP contribution in [0.2, 0.25) is 0 Å². The van der Waals surface area contributed by atoms with Gasteiger partial charge in [0.05, 0.1) is 5.69 Å². The minimum atomic E-state index is -0.256. The quantitative estimate of drug-likeness (QED) is 0.219. The lowest BCUT2D eigenvalue weighted by Crippen LogP contribution is -2.42. The largest absolute Gasteiger partial charge is 0.508 e. The molecule has 0 aliphatic heterocycles. The van der Waals surface area contributed by atoms with Crippen molar-refractivity contribution in [3.05, 3.63) is 137 Å². The van der Waals surface area contributed by atoms with E-state index >= 15 is 0 Å². The van der Waals surface area contributed by atoms with Gasteiger partial charge in [-0.1, -0.05) is 91.0 Å². The first-order valence-corrected chi connectivity index (χ1v) is 14.1. The Morgan fingerprint density at radius 1 is 0.732 bits per heavy atom. The van der Waals surface area contributed by atoms with Gasteiger partial charge in [-0.05, 0) is 29.3 Å². The number of phenolic OH excluding ortho intramolecular Hbond substituents is 1. The highest BCUT2D eigenvalue weighted by atomic mass is 32.1. The van der Waals surface area contributed by atoms with Gasteiger partial charge in [-0.25, -0.2) is 4.98 Å². The molecule has 4 aromatic carbocycles. The predicted octanol–water partition coefficient (Wildman–Crippen LogP) is 5.97. The van der Waals surface area contributed by atoms with Crippen molar-refractivity contribution in [1.82, 2.24) is 14.8 Å². The fourth-order valence-corrected chi connectivity index (χ4v) is 5.11. The van der Waals surface area contributed by atoms with Crippen LogP contribution >= 0.6 is 11.3 Å². The highest BCUT2D eigenvalue weighted by molar-refractivity contribution is 7.13. The van der Waals surface area contributed by atoms with Gasteiger partial charge < -0.3 is 20.6 Å². The van der Waals surface area contributed by atoms with Crippen LogP contribution in [0.15, 0.2) is 115 Å². The number of carbonyl (C=O) groups excluding carboxylic acids is 2. The summed E-state index contributed by atoms with van der Waals surface area (Å²) in [5.41, 5.74) is 10.4. The van der Waals surface area contributed by atoms with Crippen molar-refractivity contribution < 1.29 is 14.7 Å². The van der Waals surface area contributed by atoms with Crippen molar-refractivity contribution in [2.45, 2.75) is 19.6 Å². The minimum Gasteiger partial charge on any atom is -0.508 e. The van der Waals surface area contributed by atoms with E-state index in [9.17, 15) is 14.7 Å². The molecule has 7 nitrogen and oxygen atoms in total. The summed E-state index contributed by atoms with van der Waals surface area (Å²) in [5.74, 6) is -0.359. The first-order chi connectivity index (χ1) is 20.0. The Morgan fingerprint density at radius 2 is 1.32 bits per heavy atom. The van der Waals surface area contributed by atoms with Crippen LogP contribution in [0.4, 0.5) is 5.13 Å². The van der Waals surface area contributed by atoms with Gasteiger partial charge in [0.1, 0.15) is 12.3 Å². The molecule has 5 rings (SSSR count). The zero-order valence-electron chi connectivity index (χ0n) is 22.4. The molecule has 1 heterocycles. The fourth-order valence-electron chi connectivity index (χ4n) is 4.54. The number of nitrogens with zero attached hydrogens (tertiary/aromatic N) is 3. The molecule has 0 unspecified atom stereocenters. The van der Waals surface area contributed by atoms with Crippen molar-refractivity contribution >= 4 is 28.3 Å². The number of hydrogen-bond acceptors (Lipinski definition) is 6. The number of nitrogen functional groups attached to an aromatic ring is 1. The molecule has 8 heteroatoms. The third-order valence-corrected chi connectivity index (χ3v) is 7.37. The summed E-state index contributed by atoms with van der Waals surface area (Å²) in [4.78, 5) is 35.2. The average molecular weight is 563 g/mol. The van der Waals surface area contributed by atoms with E-state index in [4.69, 9.17) is 5.73 Å². The Balaban J connectivity index is 1.41. The summed E-state index contributed by atoms with van der Waals surface area (Å²) >= 11 is 1.36. The van der Waals surface area contributed by atoms with Crippen molar-refractivity contribution in [3.63, 3.8) is 0 Å². The highest BCUT2D eigenvalue weighted by Crippen LogP contribution is 2.24. The summed E-state index contributed by atoms with van der Waals surface area (Å²) in [6.07, 6.45) is 0. The van der Waals surface area contributed by atoms with Gasteiger partial charge in [0, 0.05) is 41.7 Å². The Kier molecular flexibility index (Phi) is 8.71. The molecule has 0 aliphatic rings. The number of aromatic nitrogens is 1. The molecular formula is C33H30N4O3S. The number of phenols is 1. The van der Waals surface area contributed by atoms with Crippen LogP contribution < -0.4 is 5.73 Å². The molecule has 5 aromatic rings. The molecule has 0 radical (unpaired) electrons. The van der Waals surface area contributed by atoms with Gasteiger partial charge in [0.15, 0.2) is 5.13 Å². The van der Waals surface area contributed by atoms with E-state index in [1.165, 1.54) is 11.3 Å². The molecule has 1 aromatic heterocycles. The number of rotatable bonds is 10. The van der Waals surface area contributed by atoms with E-state index in [2.05, 4.69) is 4.98 Å². The number of nitrogens with two attached hydrogens (primary N) is 1. The van der Waals surface area contributed by atoms with Crippen LogP contribution in [0.5, 0.6) is 5.75 Å². The number of amides is 2. The van der Waals surface area contributed by atoms with Gasteiger partial charge in [-0.15, -0.1) is 11.3 Å². The maximum atomic E-state index is 13.9. The first kappa shape index (κ1) is 27.6. The summed E-state index contributed by atoms with van der Waals surface area (Å²) in [6.45, 7) is 0.691. The van der Waals surface area contributed by atoms with Crippen molar-refractivity contribution in [2.24, 2.45) is 0 Å². The minimum absolute atomic E-state index is 0.123. The molecule has 0 fully saturated rings. The van der Waals surface area contributed by atoms with E-state index in [-0.39, 0.29) is 37.2 Å². The van der Waals surface area contributed by atoms with Crippen LogP contribution in [-0.2, 0) is 24.4 Å². The Bertz CT molecular complexity index is 1600. The molecule has 3 N–H and O–H groups in total. The van der Waals surface area contributed by atoms with E-state index in [0.29, 0.717) is 22.8 Å². The highest BCUT2D eigenvalue weighted by Gasteiger charge is 2.24. The molecular weight excluding hydrogens is 532 g/mol. The first-order valence-electron chi connectivity index (χ1n) is 13.2. The smallest absolute Gasteiger partial charge is 0.254 e. The standard InChI is InChI=1S/C33H30N4O3S/c34-33-35-29(23-41-33)26-15-17-27(18-16-26)32(40)37(20-25-11-5-2-6-12-25)22-31(39)36(19-24-9-3-1-4-10-24)21-28-13-7-8-14-30(28)38/h1-18,23,38H,19-22H2,(H2,34,35). The summed E-state index contributed by atoms with van der Waals surface area (Å²) in [7, 11) is 0. The number of anilines is 1. The van der Waals surface area contributed by atoms with Crippen molar-refractivity contribution in [2.75, 3.05) is 12.3 Å². The molecule has 0 spiro atoms. The number of benzene rings is 4. The zero-order valence-corrected chi connectivity index (χ0v) is 23.2. The van der Waals surface area contributed by atoms with Crippen LogP contribution in [0, 0.1) is 0 Å². The molecule has 0 saturated heterocycles. The van der Waals surface area contributed by atoms with Gasteiger partial charge in [-0.2, -0.15) is 0 Å². The van der Waals surface area contributed by atoms with Gasteiger partial charge in [0.25, 0.3) is 5.91 Å². The van der Waals surface area contributed by atoms with Crippen molar-refractivity contribution in [1.29, 1.82) is 0 Å². The molecule has 0 aliphatic carbocycles. The molecule has 2 amide bonds. The Hall–Kier alpha value is -4.95. The lowest BCUT2D eigenvalue weighted by atomic mass is 10.1. The molecule has 0 bridgehead atoms. The second-order valence-corrected chi connectivity index (χ2v) is 10.5. The number of aromatic hydroxyl groups is 1. The molecule has 0 atom stereocenters. The third kappa shape index (κ3) is 7.17. The maximum absolute atomic E-state index is 13.9. The maximum Gasteiger partial charge on any atom is 0.254 e. The van der Waals surface area contributed by atoms with Gasteiger partial charge in [0.2, 0.25) is 5.91 Å². The van der Waals surface area contributed by atoms with E-state index < -0.39 is 0 Å². The lowest BCUT2D eigenvalue weighted by Gasteiger charge is -2.28. The average Bonchev–Trinajstić information content (AvgIpc) is 3.44. The molecule has 0 saturated carbocycles. The topological polar surface area (TPSA) is 99.8 Å². The van der Waals surface area contributed by atoms with Crippen LogP contribution in [-0.4, -0.2) is 38.2 Å². The van der Waals surface area contributed by atoms with Crippen molar-refractivity contribution in [3.8, 4) is 17.0 Å². The van der Waals surface area contributed by atoms with Gasteiger partial charge in [-0.3, -0.25) is 9.59 Å². The number of para-hydroxylation sites is 1. The van der Waals surface area contributed by atoms with E-state index in [1.54, 1.807) is 40.1 Å². The van der Waals surface area contributed by atoms with E-state index in [1.807, 2.05) is 84.2 Å². The predicted molar refractivity (Wildman–Crippen MR) is 162 cm³/mol. The zero-order chi connectivity index (χ0) is 28.6. The van der Waals surface area contributed by atoms with Crippen LogP contribution in [0.25, 0.3) is 11.3 Å². The Morgan fingerprint density at radius 3 is 1.90 bits per heavy atom. The summed E-state index contributed by atoms with van der Waals surface area (Å²) < 4.78 is 0. The third-order valence-electron chi connectivity index (χ3n) is 6.70. The second kappa shape index (κ2) is 12.9. The summed E-state index contributed by atoms with van der Waals surface area (Å²) in [6, 6.07) is 33.4. The molecule has 41 heavy (non-hydrogen) atoms. The number of hydrogen-bond donors (Lipinski definition) is 2. The van der Waals surface area contributed by atoms with E-state index in [0.717, 1.165) is 22.4 Å². The lowest BCUT2D eigenvalue weighted by molar-refractivity contribution is -0.133. The van der Waals surface area contributed by atoms with Gasteiger partial charge >= 0.3 is 0 Å². The Labute approximate surface area is 243 Å². The van der Waals surface area contributed by atoms with Crippen LogP contribution in [0.3, 0.4) is 0 Å². The summed E-state index contributed by atoms with van der Waals surface area (Å²) in [5, 5.41) is 12.8. The molecule has 206 valence electrons. The fraction of sp³-hybridized carbons (Fsp3) is 0.121. The monoisotopic (exact) mass is 562 g/mol. The number of carbonyl (C=O) groups is 2. The second-order valence-electron chi connectivity index (χ2n) is 9.66. The number of thiazole rings is 1. The van der Waals surface area contributed by atoms with Crippen LogP contribution in [0.1, 0.15) is 27.0 Å².